The van der Waals surface area contributed by atoms with Crippen LogP contribution in [0.5, 0.6) is 11.6 Å². The van der Waals surface area contributed by atoms with Gasteiger partial charge in [0.15, 0.2) is 11.5 Å². The Labute approximate surface area is 146 Å². The highest BCUT2D eigenvalue weighted by Gasteiger charge is 2.38. The second-order valence-electron chi connectivity index (χ2n) is 6.81. The maximum absolute atomic E-state index is 11.5. The molecule has 5 nitrogen and oxygen atoms in total. The summed E-state index contributed by atoms with van der Waals surface area (Å²) in [7, 11) is 0. The molecule has 0 aliphatic heterocycles. The van der Waals surface area contributed by atoms with Gasteiger partial charge in [-0.15, -0.1) is 0 Å². The van der Waals surface area contributed by atoms with Gasteiger partial charge < -0.3 is 4.74 Å². The maximum atomic E-state index is 11.5. The topological polar surface area (TPSA) is 67.9 Å². The summed E-state index contributed by atoms with van der Waals surface area (Å²) in [6.45, 7) is 3.75. The standard InChI is InChI=1S/C20H19N3O2/c1-13(24)18-19(22-23-21-18)25-17-9-5-15(6-10-17)14-3-7-16(8-4-14)20(2)11-12-20/h3-10H,11-12H2,1-2H3,(H,21,22,23). The first-order chi connectivity index (χ1) is 12.0. The molecule has 5 heteroatoms. The SMILES string of the molecule is CC(=O)c1[nH]nnc1Oc1ccc(-c2ccc(C3(C)CC3)cc2)cc1. The number of H-pyrrole nitrogens is 1. The number of benzene rings is 2. The van der Waals surface area contributed by atoms with E-state index in [1.807, 2.05) is 24.3 Å². The van der Waals surface area contributed by atoms with Crippen LogP contribution in [0, 0.1) is 0 Å². The van der Waals surface area contributed by atoms with Crippen LogP contribution in [-0.2, 0) is 5.41 Å². The number of hydrogen-bond donors (Lipinski definition) is 1. The fourth-order valence-electron chi connectivity index (χ4n) is 2.89. The van der Waals surface area contributed by atoms with Crippen LogP contribution in [0.4, 0.5) is 0 Å². The van der Waals surface area contributed by atoms with Crippen molar-refractivity contribution in [3.05, 3.63) is 59.8 Å². The lowest BCUT2D eigenvalue weighted by Gasteiger charge is -2.10. The van der Waals surface area contributed by atoms with Gasteiger partial charge in [0.25, 0.3) is 5.88 Å². The van der Waals surface area contributed by atoms with Gasteiger partial charge in [0, 0.05) is 6.92 Å². The van der Waals surface area contributed by atoms with Gasteiger partial charge in [-0.05, 0) is 47.1 Å². The molecular weight excluding hydrogens is 314 g/mol. The minimum Gasteiger partial charge on any atom is -0.436 e. The first kappa shape index (κ1) is 15.6. The van der Waals surface area contributed by atoms with E-state index in [0.29, 0.717) is 11.2 Å². The Morgan fingerprint density at radius 2 is 1.64 bits per heavy atom. The zero-order chi connectivity index (χ0) is 17.4. The van der Waals surface area contributed by atoms with Crippen LogP contribution in [0.3, 0.4) is 0 Å². The number of rotatable bonds is 5. The molecule has 1 aromatic heterocycles. The molecule has 3 aromatic rings. The molecule has 2 aromatic carbocycles. The Bertz CT molecular complexity index is 907. The van der Waals surface area contributed by atoms with E-state index in [-0.39, 0.29) is 17.4 Å². The highest BCUT2D eigenvalue weighted by Crippen LogP contribution is 2.47. The summed E-state index contributed by atoms with van der Waals surface area (Å²) in [6.07, 6.45) is 2.56. The van der Waals surface area contributed by atoms with Gasteiger partial charge in [0.05, 0.1) is 0 Å². The molecular formula is C20H19N3O2. The molecule has 0 radical (unpaired) electrons. The van der Waals surface area contributed by atoms with Crippen LogP contribution < -0.4 is 4.74 Å². The van der Waals surface area contributed by atoms with E-state index in [1.54, 1.807) is 0 Å². The number of aromatic nitrogens is 3. The van der Waals surface area contributed by atoms with Gasteiger partial charge in [-0.3, -0.25) is 9.89 Å². The van der Waals surface area contributed by atoms with E-state index in [0.717, 1.165) is 5.56 Å². The Hall–Kier alpha value is -2.95. The first-order valence-electron chi connectivity index (χ1n) is 8.36. The van der Waals surface area contributed by atoms with E-state index in [4.69, 9.17) is 4.74 Å². The van der Waals surface area contributed by atoms with Crippen molar-refractivity contribution in [2.45, 2.75) is 32.1 Å². The van der Waals surface area contributed by atoms with Crippen molar-refractivity contribution in [2.24, 2.45) is 0 Å². The number of ketones is 1. The molecule has 0 bridgehead atoms. The number of nitrogens with one attached hydrogen (secondary N) is 1. The largest absolute Gasteiger partial charge is 0.436 e. The third-order valence-corrected chi connectivity index (χ3v) is 4.85. The summed E-state index contributed by atoms with van der Waals surface area (Å²) < 4.78 is 5.65. The number of carbonyl (C=O) groups is 1. The zero-order valence-corrected chi connectivity index (χ0v) is 14.2. The van der Waals surface area contributed by atoms with Crippen molar-refractivity contribution in [3.63, 3.8) is 0 Å². The molecule has 0 spiro atoms. The predicted octanol–water partition coefficient (Wildman–Crippen LogP) is 4.52. The normalized spacial score (nSPS) is 15.0. The number of nitrogens with zero attached hydrogens (tertiary/aromatic N) is 2. The Morgan fingerprint density at radius 1 is 1.04 bits per heavy atom. The number of ether oxygens (including phenoxy) is 1. The zero-order valence-electron chi connectivity index (χ0n) is 14.2. The molecule has 1 saturated carbocycles. The van der Waals surface area contributed by atoms with Gasteiger partial charge in [0.1, 0.15) is 5.75 Å². The van der Waals surface area contributed by atoms with Crippen LogP contribution in [0.2, 0.25) is 0 Å². The highest BCUT2D eigenvalue weighted by molar-refractivity contribution is 5.94. The second-order valence-corrected chi connectivity index (χ2v) is 6.81. The van der Waals surface area contributed by atoms with Crippen LogP contribution in [-0.4, -0.2) is 21.2 Å². The summed E-state index contributed by atoms with van der Waals surface area (Å²) >= 11 is 0. The molecule has 0 amide bonds. The van der Waals surface area contributed by atoms with Crippen LogP contribution in [0.15, 0.2) is 48.5 Å². The van der Waals surface area contributed by atoms with E-state index in [1.165, 1.54) is 30.9 Å². The Kier molecular flexibility index (Phi) is 3.64. The fourth-order valence-corrected chi connectivity index (χ4v) is 2.89. The van der Waals surface area contributed by atoms with E-state index in [9.17, 15) is 4.79 Å². The van der Waals surface area contributed by atoms with E-state index in [2.05, 4.69) is 46.6 Å². The van der Waals surface area contributed by atoms with Gasteiger partial charge in [-0.1, -0.05) is 53.6 Å². The van der Waals surface area contributed by atoms with Crippen molar-refractivity contribution in [1.82, 2.24) is 15.4 Å². The summed E-state index contributed by atoms with van der Waals surface area (Å²) in [5, 5.41) is 9.97. The summed E-state index contributed by atoms with van der Waals surface area (Å²) in [6, 6.07) is 16.5. The average Bonchev–Trinajstić information content (AvgIpc) is 3.20. The Balaban J connectivity index is 1.52. The molecule has 25 heavy (non-hydrogen) atoms. The molecule has 1 N–H and O–H groups in total. The third kappa shape index (κ3) is 3.05. The number of Topliss-reactive ketones (excluding diaryl/α,β-unsaturated/α-hetero) is 1. The molecule has 1 aliphatic carbocycles. The lowest BCUT2D eigenvalue weighted by Crippen LogP contribution is -1.98. The molecule has 0 unspecified atom stereocenters. The van der Waals surface area contributed by atoms with Crippen LogP contribution >= 0.6 is 0 Å². The number of aromatic amines is 1. The fraction of sp³-hybridized carbons (Fsp3) is 0.250. The smallest absolute Gasteiger partial charge is 0.269 e. The van der Waals surface area contributed by atoms with Crippen molar-refractivity contribution in [3.8, 4) is 22.8 Å². The number of hydrogen-bond acceptors (Lipinski definition) is 4. The van der Waals surface area contributed by atoms with Crippen molar-refractivity contribution in [2.75, 3.05) is 0 Å². The van der Waals surface area contributed by atoms with Gasteiger partial charge in [-0.2, -0.15) is 0 Å². The molecule has 1 fully saturated rings. The minimum atomic E-state index is -0.166. The molecule has 126 valence electrons. The first-order valence-corrected chi connectivity index (χ1v) is 8.36. The monoisotopic (exact) mass is 333 g/mol. The average molecular weight is 333 g/mol. The Morgan fingerprint density at radius 3 is 2.20 bits per heavy atom. The summed E-state index contributed by atoms with van der Waals surface area (Å²) in [5.74, 6) is 0.644. The lowest BCUT2D eigenvalue weighted by molar-refractivity contribution is 0.101. The van der Waals surface area contributed by atoms with E-state index < -0.39 is 0 Å². The molecule has 0 saturated heterocycles. The van der Waals surface area contributed by atoms with Crippen molar-refractivity contribution < 1.29 is 9.53 Å². The summed E-state index contributed by atoms with van der Waals surface area (Å²) in [5.41, 5.74) is 4.37. The van der Waals surface area contributed by atoms with Gasteiger partial charge in [-0.25, -0.2) is 0 Å². The van der Waals surface area contributed by atoms with Crippen molar-refractivity contribution >= 4 is 5.78 Å². The number of carbonyl (C=O) groups excluding carboxylic acids is 1. The van der Waals surface area contributed by atoms with E-state index >= 15 is 0 Å². The third-order valence-electron chi connectivity index (χ3n) is 4.85. The highest BCUT2D eigenvalue weighted by atomic mass is 16.5. The predicted molar refractivity (Wildman–Crippen MR) is 94.9 cm³/mol. The van der Waals surface area contributed by atoms with Gasteiger partial charge in [0.2, 0.25) is 0 Å². The van der Waals surface area contributed by atoms with Crippen molar-refractivity contribution in [1.29, 1.82) is 0 Å². The minimum absolute atomic E-state index is 0.166. The quantitative estimate of drug-likeness (QED) is 0.697. The van der Waals surface area contributed by atoms with Gasteiger partial charge >= 0.3 is 0 Å². The molecule has 1 aliphatic rings. The maximum Gasteiger partial charge on any atom is 0.269 e. The molecule has 0 atom stereocenters. The summed E-state index contributed by atoms with van der Waals surface area (Å²) in [4.78, 5) is 11.5. The second kappa shape index (κ2) is 5.84. The van der Waals surface area contributed by atoms with Crippen LogP contribution in [0.25, 0.3) is 11.1 Å². The van der Waals surface area contributed by atoms with Crippen LogP contribution in [0.1, 0.15) is 42.7 Å². The molecule has 4 rings (SSSR count). The lowest BCUT2D eigenvalue weighted by atomic mass is 9.95. The molecule has 1 heterocycles.